The van der Waals surface area contributed by atoms with E-state index in [9.17, 15) is 23.1 Å². The van der Waals surface area contributed by atoms with Gasteiger partial charge in [0.2, 0.25) is 15.7 Å². The van der Waals surface area contributed by atoms with Gasteiger partial charge in [-0.25, -0.2) is 8.42 Å². The zero-order chi connectivity index (χ0) is 28.7. The smallest absolute Gasteiger partial charge is 0.309 e. The fourth-order valence-corrected chi connectivity index (χ4v) is 6.53. The fraction of sp³-hybridized carbons (Fsp3) is 0.500. The van der Waals surface area contributed by atoms with Crippen molar-refractivity contribution in [3.8, 4) is 11.3 Å². The average molecular weight is 569 g/mol. The molecule has 1 saturated carbocycles. The number of aliphatic carboxylic acids is 1. The Morgan fingerprint density at radius 1 is 1.15 bits per heavy atom. The number of aromatic nitrogens is 1. The Morgan fingerprint density at radius 2 is 1.82 bits per heavy atom. The van der Waals surface area contributed by atoms with Crippen LogP contribution in [-0.2, 0) is 19.6 Å². The molecule has 1 aliphatic heterocycles. The third kappa shape index (κ3) is 5.51. The monoisotopic (exact) mass is 568 g/mol. The van der Waals surface area contributed by atoms with Crippen LogP contribution in [0, 0.1) is 12.3 Å². The van der Waals surface area contributed by atoms with Gasteiger partial charge in [-0.05, 0) is 63.0 Å². The molecule has 0 atom stereocenters. The summed E-state index contributed by atoms with van der Waals surface area (Å²) >= 11 is 0. The van der Waals surface area contributed by atoms with E-state index in [0.717, 1.165) is 35.8 Å². The van der Waals surface area contributed by atoms with Gasteiger partial charge in [0.15, 0.2) is 5.78 Å². The summed E-state index contributed by atoms with van der Waals surface area (Å²) < 4.78 is 39.1. The second-order valence-electron chi connectivity index (χ2n) is 11.1. The lowest BCUT2D eigenvalue weighted by atomic mass is 9.76. The Bertz CT molecular complexity index is 1530. The van der Waals surface area contributed by atoms with Crippen molar-refractivity contribution in [2.75, 3.05) is 30.3 Å². The predicted octanol–water partition coefficient (Wildman–Crippen LogP) is 5.70. The summed E-state index contributed by atoms with van der Waals surface area (Å²) in [4.78, 5) is 30.0. The number of rotatable bonds is 11. The minimum atomic E-state index is -3.75. The second kappa shape index (κ2) is 11.0. The normalized spacial score (nSPS) is 17.2. The number of carboxylic acid groups (broad SMARTS) is 1. The van der Waals surface area contributed by atoms with Crippen LogP contribution in [0.2, 0.25) is 0 Å². The fourth-order valence-electron chi connectivity index (χ4n) is 5.61. The van der Waals surface area contributed by atoms with Gasteiger partial charge < -0.3 is 14.3 Å². The number of anilines is 1. The molecule has 3 aromatic rings. The summed E-state index contributed by atoms with van der Waals surface area (Å²) in [6.45, 7) is 4.65. The Kier molecular flexibility index (Phi) is 7.76. The molecule has 9 nitrogen and oxygen atoms in total. The number of sulfonamides is 1. The van der Waals surface area contributed by atoms with Crippen molar-refractivity contribution >= 4 is 38.7 Å². The average Bonchev–Trinajstić information content (AvgIpc) is 3.70. The molecular formula is C30H36N2O7S. The molecule has 2 aliphatic rings. The number of carbonyl (C=O) groups excluding carboxylic acids is 1. The van der Waals surface area contributed by atoms with Crippen LogP contribution < -0.4 is 4.31 Å². The molecule has 10 heteroatoms. The Labute approximate surface area is 234 Å². The Morgan fingerprint density at radius 3 is 2.40 bits per heavy atom. The standard InChI is InChI=1S/C30H36N2O7S/c1-4-24(33)25-23-18-22(20-10-11-20)27(31-28(23)39-26(25)21-8-6-19(2)7-9-21)32(40(3,36)37)15-5-12-30(29(34)35)13-16-38-17-14-30/h6-9,18,20H,4-5,10-17H2,1-3H3,(H,34,35). The van der Waals surface area contributed by atoms with E-state index < -0.39 is 21.4 Å². The Hall–Kier alpha value is -3.24. The van der Waals surface area contributed by atoms with Gasteiger partial charge in [0, 0.05) is 31.7 Å². The number of hydrogen-bond acceptors (Lipinski definition) is 7. The molecule has 1 N–H and O–H groups in total. The molecule has 0 amide bonds. The van der Waals surface area contributed by atoms with E-state index in [0.29, 0.717) is 67.8 Å². The first kappa shape index (κ1) is 28.3. The molecule has 0 bridgehead atoms. The highest BCUT2D eigenvalue weighted by molar-refractivity contribution is 7.92. The van der Waals surface area contributed by atoms with E-state index in [4.69, 9.17) is 14.1 Å². The SMILES string of the molecule is CCC(=O)c1c(-c2ccc(C)cc2)oc2nc(N(CCCC3(C(=O)O)CCOCC3)S(C)(=O)=O)c(C3CC3)cc12. The zero-order valence-corrected chi connectivity index (χ0v) is 24.1. The van der Waals surface area contributed by atoms with Crippen LogP contribution >= 0.6 is 0 Å². The lowest BCUT2D eigenvalue weighted by Gasteiger charge is -2.34. The molecule has 0 spiro atoms. The summed E-state index contributed by atoms with van der Waals surface area (Å²) in [5.74, 6) is -0.0665. The highest BCUT2D eigenvalue weighted by atomic mass is 32.2. The number of furan rings is 1. The van der Waals surface area contributed by atoms with Crippen molar-refractivity contribution in [2.24, 2.45) is 5.41 Å². The largest absolute Gasteiger partial charge is 0.481 e. The molecule has 0 radical (unpaired) electrons. The van der Waals surface area contributed by atoms with Crippen molar-refractivity contribution in [3.05, 3.63) is 47.0 Å². The van der Waals surface area contributed by atoms with E-state index in [-0.39, 0.29) is 24.0 Å². The lowest BCUT2D eigenvalue weighted by molar-refractivity contribution is -0.155. The van der Waals surface area contributed by atoms with Gasteiger partial charge in [-0.2, -0.15) is 4.98 Å². The molecule has 3 heterocycles. The summed E-state index contributed by atoms with van der Waals surface area (Å²) in [7, 11) is -3.75. The maximum Gasteiger partial charge on any atom is 0.309 e. The predicted molar refractivity (Wildman–Crippen MR) is 152 cm³/mol. The number of fused-ring (bicyclic) bond motifs is 1. The molecule has 0 unspecified atom stereocenters. The molecular weight excluding hydrogens is 532 g/mol. The highest BCUT2D eigenvalue weighted by Gasteiger charge is 2.40. The molecule has 2 fully saturated rings. The molecule has 1 aliphatic carbocycles. The van der Waals surface area contributed by atoms with E-state index in [2.05, 4.69) is 0 Å². The van der Waals surface area contributed by atoms with E-state index >= 15 is 0 Å². The van der Waals surface area contributed by atoms with E-state index in [1.54, 1.807) is 6.92 Å². The number of aryl methyl sites for hydroxylation is 1. The summed E-state index contributed by atoms with van der Waals surface area (Å²) in [6, 6.07) is 9.59. The number of carbonyl (C=O) groups is 2. The minimum Gasteiger partial charge on any atom is -0.481 e. The van der Waals surface area contributed by atoms with Crippen molar-refractivity contribution < 1.29 is 32.3 Å². The van der Waals surface area contributed by atoms with E-state index in [1.807, 2.05) is 37.3 Å². The lowest BCUT2D eigenvalue weighted by Crippen LogP contribution is -2.39. The third-order valence-corrected chi connectivity index (χ3v) is 9.33. The van der Waals surface area contributed by atoms with Gasteiger partial charge in [-0.3, -0.25) is 13.9 Å². The van der Waals surface area contributed by atoms with Crippen molar-refractivity contribution in [1.29, 1.82) is 0 Å². The highest BCUT2D eigenvalue weighted by Crippen LogP contribution is 2.47. The van der Waals surface area contributed by atoms with Gasteiger partial charge in [0.1, 0.15) is 11.6 Å². The molecule has 5 rings (SSSR count). The molecule has 1 saturated heterocycles. The number of pyridine rings is 1. The van der Waals surface area contributed by atoms with Crippen molar-refractivity contribution in [2.45, 2.75) is 64.7 Å². The van der Waals surface area contributed by atoms with Gasteiger partial charge in [-0.15, -0.1) is 0 Å². The van der Waals surface area contributed by atoms with Crippen LogP contribution in [0.15, 0.2) is 34.7 Å². The van der Waals surface area contributed by atoms with Crippen LogP contribution in [0.3, 0.4) is 0 Å². The topological polar surface area (TPSA) is 127 Å². The van der Waals surface area contributed by atoms with Crippen LogP contribution in [0.5, 0.6) is 0 Å². The number of ketones is 1. The Balaban J connectivity index is 1.57. The second-order valence-corrected chi connectivity index (χ2v) is 13.0. The van der Waals surface area contributed by atoms with Crippen molar-refractivity contribution in [1.82, 2.24) is 4.98 Å². The number of Topliss-reactive ketones (excluding diaryl/α,β-unsaturated/α-hetero) is 1. The number of benzene rings is 1. The summed E-state index contributed by atoms with van der Waals surface area (Å²) in [6.07, 6.45) is 4.74. The maximum absolute atomic E-state index is 13.2. The molecule has 2 aromatic heterocycles. The summed E-state index contributed by atoms with van der Waals surface area (Å²) in [5.41, 5.74) is 2.37. The number of nitrogens with zero attached hydrogens (tertiary/aromatic N) is 2. The summed E-state index contributed by atoms with van der Waals surface area (Å²) in [5, 5.41) is 10.5. The zero-order valence-electron chi connectivity index (χ0n) is 23.2. The first-order valence-electron chi connectivity index (χ1n) is 13.9. The number of hydrogen-bond donors (Lipinski definition) is 1. The quantitative estimate of drug-likeness (QED) is 0.292. The maximum atomic E-state index is 13.2. The van der Waals surface area contributed by atoms with Crippen LogP contribution in [0.1, 0.15) is 79.3 Å². The van der Waals surface area contributed by atoms with Crippen LogP contribution in [0.4, 0.5) is 5.82 Å². The minimum absolute atomic E-state index is 0.0685. The van der Waals surface area contributed by atoms with Gasteiger partial charge in [0.05, 0.1) is 22.6 Å². The molecule has 1 aromatic carbocycles. The molecule has 40 heavy (non-hydrogen) atoms. The van der Waals surface area contributed by atoms with Crippen LogP contribution in [-0.4, -0.2) is 56.3 Å². The van der Waals surface area contributed by atoms with Gasteiger partial charge in [-0.1, -0.05) is 36.8 Å². The third-order valence-electron chi connectivity index (χ3n) is 8.18. The van der Waals surface area contributed by atoms with E-state index in [1.165, 1.54) is 4.31 Å². The van der Waals surface area contributed by atoms with Crippen LogP contribution in [0.25, 0.3) is 22.4 Å². The first-order chi connectivity index (χ1) is 19.0. The van der Waals surface area contributed by atoms with Gasteiger partial charge >= 0.3 is 5.97 Å². The van der Waals surface area contributed by atoms with Gasteiger partial charge in [0.25, 0.3) is 0 Å². The first-order valence-corrected chi connectivity index (χ1v) is 15.8. The number of ether oxygens (including phenoxy) is 1. The van der Waals surface area contributed by atoms with Crippen molar-refractivity contribution in [3.63, 3.8) is 0 Å². The number of carboxylic acids is 1. The molecule has 214 valence electrons.